The van der Waals surface area contributed by atoms with Gasteiger partial charge in [-0.15, -0.1) is 0 Å². The Hall–Kier alpha value is -1.30. The van der Waals surface area contributed by atoms with Crippen molar-refractivity contribution in [3.63, 3.8) is 0 Å². The van der Waals surface area contributed by atoms with E-state index in [0.29, 0.717) is 11.8 Å². The van der Waals surface area contributed by atoms with Gasteiger partial charge in [-0.3, -0.25) is 0 Å². The van der Waals surface area contributed by atoms with Gasteiger partial charge < -0.3 is 20.8 Å². The van der Waals surface area contributed by atoms with Crippen molar-refractivity contribution in [1.82, 2.24) is 10.6 Å². The van der Waals surface area contributed by atoms with E-state index >= 15 is 0 Å². The normalized spacial score (nSPS) is 28.5. The van der Waals surface area contributed by atoms with Gasteiger partial charge in [0.15, 0.2) is 0 Å². The molecular formula is C13H24N2O4. The molecule has 19 heavy (non-hydrogen) atoms. The lowest BCUT2D eigenvalue weighted by molar-refractivity contribution is -0.139. The second-order valence-corrected chi connectivity index (χ2v) is 5.64. The van der Waals surface area contributed by atoms with E-state index in [2.05, 4.69) is 24.5 Å². The van der Waals surface area contributed by atoms with Crippen LogP contribution in [0.25, 0.3) is 0 Å². The SMILES string of the molecule is CC1CC(C)CC(NC(=O)N[C@@H](CCO)C(=O)O)C1. The molecule has 0 heterocycles. The smallest absolute Gasteiger partial charge is 0.326 e. The molecule has 6 nitrogen and oxygen atoms in total. The summed E-state index contributed by atoms with van der Waals surface area (Å²) in [4.78, 5) is 22.6. The number of carboxylic acid groups (broad SMARTS) is 1. The number of carbonyl (C=O) groups is 2. The summed E-state index contributed by atoms with van der Waals surface area (Å²) in [6, 6.07) is -1.40. The molecule has 6 heteroatoms. The van der Waals surface area contributed by atoms with Gasteiger partial charge in [-0.05, 0) is 31.1 Å². The zero-order valence-electron chi connectivity index (χ0n) is 11.6. The summed E-state index contributed by atoms with van der Waals surface area (Å²) in [7, 11) is 0. The van der Waals surface area contributed by atoms with Crippen LogP contribution < -0.4 is 10.6 Å². The Kier molecular flexibility index (Phi) is 6.08. The summed E-state index contributed by atoms with van der Waals surface area (Å²) in [6.45, 7) is 4.05. The van der Waals surface area contributed by atoms with Gasteiger partial charge in [0.2, 0.25) is 0 Å². The first-order valence-electron chi connectivity index (χ1n) is 6.83. The van der Waals surface area contributed by atoms with Crippen LogP contribution in [0.3, 0.4) is 0 Å². The number of amides is 2. The van der Waals surface area contributed by atoms with Gasteiger partial charge in [-0.25, -0.2) is 9.59 Å². The summed E-state index contributed by atoms with van der Waals surface area (Å²) in [5, 5.41) is 22.9. The number of aliphatic hydroxyl groups excluding tert-OH is 1. The van der Waals surface area contributed by atoms with Crippen molar-refractivity contribution in [2.45, 2.75) is 51.6 Å². The molecule has 110 valence electrons. The van der Waals surface area contributed by atoms with Crippen molar-refractivity contribution in [3.8, 4) is 0 Å². The van der Waals surface area contributed by atoms with E-state index in [-0.39, 0.29) is 19.1 Å². The molecular weight excluding hydrogens is 248 g/mol. The van der Waals surface area contributed by atoms with Crippen LogP contribution in [0.1, 0.15) is 39.5 Å². The van der Waals surface area contributed by atoms with Gasteiger partial charge in [-0.1, -0.05) is 13.8 Å². The number of hydrogen-bond donors (Lipinski definition) is 4. The van der Waals surface area contributed by atoms with Crippen LogP contribution in [0, 0.1) is 11.8 Å². The number of carbonyl (C=O) groups excluding carboxylic acids is 1. The van der Waals surface area contributed by atoms with Gasteiger partial charge in [0.1, 0.15) is 6.04 Å². The summed E-state index contributed by atoms with van der Waals surface area (Å²) in [6.07, 6.45) is 3.04. The molecule has 0 saturated heterocycles. The largest absolute Gasteiger partial charge is 0.480 e. The molecule has 0 bridgehead atoms. The summed E-state index contributed by atoms with van der Waals surface area (Å²) >= 11 is 0. The fourth-order valence-corrected chi connectivity index (χ4v) is 2.84. The third-order valence-electron chi connectivity index (χ3n) is 3.53. The van der Waals surface area contributed by atoms with Gasteiger partial charge in [0, 0.05) is 19.1 Å². The summed E-state index contributed by atoms with van der Waals surface area (Å²) < 4.78 is 0. The topological polar surface area (TPSA) is 98.7 Å². The van der Waals surface area contributed by atoms with Gasteiger partial charge in [0.25, 0.3) is 0 Å². The predicted octanol–water partition coefficient (Wildman–Crippen LogP) is 0.946. The third kappa shape index (κ3) is 5.46. The van der Waals surface area contributed by atoms with Crippen molar-refractivity contribution >= 4 is 12.0 Å². The van der Waals surface area contributed by atoms with Crippen LogP contribution in [0.4, 0.5) is 4.79 Å². The van der Waals surface area contributed by atoms with Crippen LogP contribution in [-0.4, -0.2) is 40.9 Å². The summed E-state index contributed by atoms with van der Waals surface area (Å²) in [5.74, 6) is 0.0121. The minimum absolute atomic E-state index is 0.0141. The predicted molar refractivity (Wildman–Crippen MR) is 70.8 cm³/mol. The first kappa shape index (κ1) is 15.8. The van der Waals surface area contributed by atoms with E-state index in [4.69, 9.17) is 10.2 Å². The van der Waals surface area contributed by atoms with Gasteiger partial charge in [0.05, 0.1) is 0 Å². The molecule has 0 spiro atoms. The molecule has 1 aliphatic carbocycles. The molecule has 0 aromatic carbocycles. The number of rotatable bonds is 5. The molecule has 1 rings (SSSR count). The molecule has 2 amide bonds. The second kappa shape index (κ2) is 7.33. The number of aliphatic carboxylic acids is 1. The van der Waals surface area contributed by atoms with Crippen molar-refractivity contribution in [3.05, 3.63) is 0 Å². The van der Waals surface area contributed by atoms with Crippen molar-refractivity contribution in [2.75, 3.05) is 6.61 Å². The highest BCUT2D eigenvalue weighted by molar-refractivity contribution is 5.82. The molecule has 1 fully saturated rings. The van der Waals surface area contributed by atoms with E-state index in [9.17, 15) is 9.59 Å². The quantitative estimate of drug-likeness (QED) is 0.598. The maximum Gasteiger partial charge on any atom is 0.326 e. The Morgan fingerprint density at radius 1 is 1.21 bits per heavy atom. The maximum absolute atomic E-state index is 11.7. The third-order valence-corrected chi connectivity index (χ3v) is 3.53. The number of aliphatic hydroxyl groups is 1. The Morgan fingerprint density at radius 2 is 1.79 bits per heavy atom. The van der Waals surface area contributed by atoms with Crippen LogP contribution in [0.2, 0.25) is 0 Å². The lowest BCUT2D eigenvalue weighted by Gasteiger charge is -2.32. The maximum atomic E-state index is 11.7. The van der Waals surface area contributed by atoms with E-state index in [1.807, 2.05) is 0 Å². The van der Waals surface area contributed by atoms with E-state index in [1.165, 1.54) is 6.42 Å². The lowest BCUT2D eigenvalue weighted by atomic mass is 9.80. The summed E-state index contributed by atoms with van der Waals surface area (Å²) in [5.41, 5.74) is 0. The average molecular weight is 272 g/mol. The molecule has 0 aromatic rings. The Balaban J connectivity index is 2.43. The average Bonchev–Trinajstić information content (AvgIpc) is 2.26. The number of urea groups is 1. The number of carboxylic acids is 1. The Labute approximate surface area is 113 Å². The molecule has 1 saturated carbocycles. The fraction of sp³-hybridized carbons (Fsp3) is 0.846. The minimum Gasteiger partial charge on any atom is -0.480 e. The van der Waals surface area contributed by atoms with Crippen LogP contribution >= 0.6 is 0 Å². The van der Waals surface area contributed by atoms with Crippen LogP contribution in [0.15, 0.2) is 0 Å². The molecule has 4 N–H and O–H groups in total. The monoisotopic (exact) mass is 272 g/mol. The van der Waals surface area contributed by atoms with Crippen molar-refractivity contribution in [2.24, 2.45) is 11.8 Å². The minimum atomic E-state index is -1.13. The van der Waals surface area contributed by atoms with Gasteiger partial charge >= 0.3 is 12.0 Å². The van der Waals surface area contributed by atoms with Crippen molar-refractivity contribution < 1.29 is 19.8 Å². The Bertz CT molecular complexity index is 312. The van der Waals surface area contributed by atoms with E-state index in [1.54, 1.807) is 0 Å². The lowest BCUT2D eigenvalue weighted by Crippen LogP contribution is -2.50. The standard InChI is InChI=1S/C13H24N2O4/c1-8-5-9(2)7-10(6-8)14-13(19)15-11(3-4-16)12(17)18/h8-11,16H,3-7H2,1-2H3,(H,17,18)(H2,14,15,19)/t8?,9?,10?,11-/m0/s1. The van der Waals surface area contributed by atoms with Crippen LogP contribution in [0.5, 0.6) is 0 Å². The fourth-order valence-electron chi connectivity index (χ4n) is 2.84. The molecule has 1 aliphatic rings. The van der Waals surface area contributed by atoms with Gasteiger partial charge in [-0.2, -0.15) is 0 Å². The zero-order valence-corrected chi connectivity index (χ0v) is 11.6. The molecule has 0 aliphatic heterocycles. The highest BCUT2D eigenvalue weighted by atomic mass is 16.4. The van der Waals surface area contributed by atoms with E-state index in [0.717, 1.165) is 12.8 Å². The first-order valence-corrected chi connectivity index (χ1v) is 6.83. The molecule has 0 aromatic heterocycles. The zero-order chi connectivity index (χ0) is 14.4. The van der Waals surface area contributed by atoms with Crippen molar-refractivity contribution in [1.29, 1.82) is 0 Å². The van der Waals surface area contributed by atoms with Crippen LogP contribution in [-0.2, 0) is 4.79 Å². The van der Waals surface area contributed by atoms with E-state index < -0.39 is 18.0 Å². The molecule has 2 unspecified atom stereocenters. The number of nitrogens with one attached hydrogen (secondary N) is 2. The second-order valence-electron chi connectivity index (χ2n) is 5.64. The Morgan fingerprint density at radius 3 is 2.26 bits per heavy atom. The molecule has 3 atom stereocenters. The number of hydrogen-bond acceptors (Lipinski definition) is 3. The highest BCUT2D eigenvalue weighted by Crippen LogP contribution is 2.28. The molecule has 0 radical (unpaired) electrons. The first-order chi connectivity index (χ1) is 8.92. The highest BCUT2D eigenvalue weighted by Gasteiger charge is 2.26.